The number of para-hydroxylation sites is 1. The SMILES string of the molecule is O=C1C(Cc2ccccc2OCc2ccccc2)NCCN1c1cccc(Cl)c1. The molecule has 3 aromatic carbocycles. The zero-order chi connectivity index (χ0) is 20.1. The minimum Gasteiger partial charge on any atom is -0.489 e. The van der Waals surface area contributed by atoms with E-state index in [-0.39, 0.29) is 11.9 Å². The number of rotatable bonds is 6. The lowest BCUT2D eigenvalue weighted by Gasteiger charge is -2.33. The zero-order valence-electron chi connectivity index (χ0n) is 16.1. The Hall–Kier alpha value is -2.82. The highest BCUT2D eigenvalue weighted by Crippen LogP contribution is 2.25. The molecular weight excluding hydrogens is 384 g/mol. The predicted octanol–water partition coefficient (Wildman–Crippen LogP) is 4.47. The average Bonchev–Trinajstić information content (AvgIpc) is 2.75. The molecule has 0 saturated carbocycles. The molecule has 5 heteroatoms. The molecule has 4 rings (SSSR count). The lowest BCUT2D eigenvalue weighted by atomic mass is 10.0. The number of carbonyl (C=O) groups excluding carboxylic acids is 1. The lowest BCUT2D eigenvalue weighted by Crippen LogP contribution is -2.56. The number of halogens is 1. The molecule has 1 fully saturated rings. The first-order valence-electron chi connectivity index (χ1n) is 9.76. The molecule has 29 heavy (non-hydrogen) atoms. The monoisotopic (exact) mass is 406 g/mol. The van der Waals surface area contributed by atoms with Crippen LogP contribution in [0.25, 0.3) is 0 Å². The van der Waals surface area contributed by atoms with Crippen molar-refractivity contribution in [2.24, 2.45) is 0 Å². The van der Waals surface area contributed by atoms with E-state index in [9.17, 15) is 4.79 Å². The third kappa shape index (κ3) is 4.78. The highest BCUT2D eigenvalue weighted by Gasteiger charge is 2.30. The summed E-state index contributed by atoms with van der Waals surface area (Å²) in [5, 5.41) is 3.98. The van der Waals surface area contributed by atoms with Crippen LogP contribution in [0.2, 0.25) is 5.02 Å². The Kier molecular flexibility index (Phi) is 6.13. The third-order valence-electron chi connectivity index (χ3n) is 5.04. The maximum absolute atomic E-state index is 13.1. The van der Waals surface area contributed by atoms with Crippen LogP contribution in [0, 0.1) is 0 Å². The van der Waals surface area contributed by atoms with Gasteiger partial charge in [-0.3, -0.25) is 4.79 Å². The summed E-state index contributed by atoms with van der Waals surface area (Å²) in [6.45, 7) is 1.86. The number of ether oxygens (including phenoxy) is 1. The molecular formula is C24H23ClN2O2. The fraction of sp³-hybridized carbons (Fsp3) is 0.208. The second kappa shape index (κ2) is 9.12. The van der Waals surface area contributed by atoms with Crippen molar-refractivity contribution in [3.8, 4) is 5.75 Å². The van der Waals surface area contributed by atoms with Gasteiger partial charge in [-0.05, 0) is 35.4 Å². The lowest BCUT2D eigenvalue weighted by molar-refractivity contribution is -0.121. The molecule has 1 unspecified atom stereocenters. The number of amides is 1. The van der Waals surface area contributed by atoms with Gasteiger partial charge in [0, 0.05) is 30.2 Å². The summed E-state index contributed by atoms with van der Waals surface area (Å²) in [7, 11) is 0. The number of nitrogens with zero attached hydrogens (tertiary/aromatic N) is 1. The number of hydrogen-bond acceptors (Lipinski definition) is 3. The summed E-state index contributed by atoms with van der Waals surface area (Å²) in [5.74, 6) is 0.863. The molecule has 0 aliphatic carbocycles. The van der Waals surface area contributed by atoms with Gasteiger partial charge in [-0.25, -0.2) is 0 Å². The van der Waals surface area contributed by atoms with E-state index in [1.165, 1.54) is 0 Å². The van der Waals surface area contributed by atoms with Crippen LogP contribution in [-0.4, -0.2) is 25.0 Å². The number of benzene rings is 3. The van der Waals surface area contributed by atoms with Gasteiger partial charge in [-0.1, -0.05) is 66.2 Å². The zero-order valence-corrected chi connectivity index (χ0v) is 16.8. The van der Waals surface area contributed by atoms with Crippen LogP contribution >= 0.6 is 11.6 Å². The molecule has 3 aromatic rings. The van der Waals surface area contributed by atoms with Crippen molar-refractivity contribution in [3.63, 3.8) is 0 Å². The quantitative estimate of drug-likeness (QED) is 0.656. The van der Waals surface area contributed by atoms with Gasteiger partial charge in [0.05, 0.1) is 6.04 Å². The van der Waals surface area contributed by atoms with Gasteiger partial charge >= 0.3 is 0 Å². The van der Waals surface area contributed by atoms with Crippen LogP contribution in [-0.2, 0) is 17.8 Å². The molecule has 148 valence electrons. The highest BCUT2D eigenvalue weighted by atomic mass is 35.5. The Morgan fingerprint density at radius 3 is 2.62 bits per heavy atom. The van der Waals surface area contributed by atoms with E-state index in [2.05, 4.69) is 5.32 Å². The number of carbonyl (C=O) groups is 1. The average molecular weight is 407 g/mol. The van der Waals surface area contributed by atoms with Gasteiger partial charge in [0.1, 0.15) is 12.4 Å². The van der Waals surface area contributed by atoms with Crippen molar-refractivity contribution in [3.05, 3.63) is 95.0 Å². The fourth-order valence-electron chi connectivity index (χ4n) is 3.56. The maximum Gasteiger partial charge on any atom is 0.244 e. The Morgan fingerprint density at radius 1 is 1.00 bits per heavy atom. The Balaban J connectivity index is 1.48. The first kappa shape index (κ1) is 19.5. The fourth-order valence-corrected chi connectivity index (χ4v) is 3.75. The van der Waals surface area contributed by atoms with Gasteiger partial charge in [-0.15, -0.1) is 0 Å². The molecule has 1 N–H and O–H groups in total. The molecule has 0 radical (unpaired) electrons. The summed E-state index contributed by atoms with van der Waals surface area (Å²) in [4.78, 5) is 14.9. The summed E-state index contributed by atoms with van der Waals surface area (Å²) < 4.78 is 6.06. The van der Waals surface area contributed by atoms with Gasteiger partial charge in [-0.2, -0.15) is 0 Å². The summed E-state index contributed by atoms with van der Waals surface area (Å²) in [5.41, 5.74) is 2.96. The smallest absolute Gasteiger partial charge is 0.244 e. The van der Waals surface area contributed by atoms with Crippen molar-refractivity contribution >= 4 is 23.2 Å². The van der Waals surface area contributed by atoms with Crippen LogP contribution in [0.3, 0.4) is 0 Å². The molecule has 1 amide bonds. The van der Waals surface area contributed by atoms with E-state index in [4.69, 9.17) is 16.3 Å². The second-order valence-electron chi connectivity index (χ2n) is 7.06. The molecule has 1 aliphatic heterocycles. The minimum atomic E-state index is -0.302. The van der Waals surface area contributed by atoms with E-state index in [0.29, 0.717) is 24.6 Å². The Morgan fingerprint density at radius 2 is 1.79 bits per heavy atom. The molecule has 1 aliphatic rings. The van der Waals surface area contributed by atoms with E-state index in [1.54, 1.807) is 4.90 Å². The summed E-state index contributed by atoms with van der Waals surface area (Å²) >= 11 is 6.11. The van der Waals surface area contributed by atoms with Crippen LogP contribution in [0.5, 0.6) is 5.75 Å². The third-order valence-corrected chi connectivity index (χ3v) is 5.28. The molecule has 1 atom stereocenters. The van der Waals surface area contributed by atoms with Crippen LogP contribution < -0.4 is 15.0 Å². The van der Waals surface area contributed by atoms with Crippen LogP contribution in [0.15, 0.2) is 78.9 Å². The molecule has 1 heterocycles. The van der Waals surface area contributed by atoms with Crippen molar-refractivity contribution in [2.45, 2.75) is 19.1 Å². The Bertz CT molecular complexity index is 977. The topological polar surface area (TPSA) is 41.6 Å². The van der Waals surface area contributed by atoms with Crippen molar-refractivity contribution < 1.29 is 9.53 Å². The molecule has 1 saturated heterocycles. The maximum atomic E-state index is 13.1. The van der Waals surface area contributed by atoms with Crippen LogP contribution in [0.4, 0.5) is 5.69 Å². The largest absolute Gasteiger partial charge is 0.489 e. The van der Waals surface area contributed by atoms with Gasteiger partial charge in [0.25, 0.3) is 0 Å². The normalized spacial score (nSPS) is 16.7. The summed E-state index contributed by atoms with van der Waals surface area (Å²) in [6.07, 6.45) is 0.570. The number of piperazine rings is 1. The molecule has 0 bridgehead atoms. The standard InChI is InChI=1S/C24H23ClN2O2/c25-20-10-6-11-21(16-20)27-14-13-26-22(24(27)28)15-19-9-4-5-12-23(19)29-17-18-7-2-1-3-8-18/h1-12,16,22,26H,13-15,17H2. The Labute approximate surface area is 176 Å². The first-order chi connectivity index (χ1) is 14.2. The van der Waals surface area contributed by atoms with E-state index in [1.807, 2.05) is 78.9 Å². The van der Waals surface area contributed by atoms with E-state index < -0.39 is 0 Å². The number of nitrogens with one attached hydrogen (secondary N) is 1. The molecule has 0 aromatic heterocycles. The predicted molar refractivity (Wildman–Crippen MR) is 117 cm³/mol. The second-order valence-corrected chi connectivity index (χ2v) is 7.50. The van der Waals surface area contributed by atoms with Crippen LogP contribution in [0.1, 0.15) is 11.1 Å². The first-order valence-corrected chi connectivity index (χ1v) is 10.1. The number of hydrogen-bond donors (Lipinski definition) is 1. The number of anilines is 1. The van der Waals surface area contributed by atoms with Gasteiger partial charge in [0.15, 0.2) is 0 Å². The summed E-state index contributed by atoms with van der Waals surface area (Å²) in [6, 6.07) is 25.1. The van der Waals surface area contributed by atoms with Crippen molar-refractivity contribution in [1.82, 2.24) is 5.32 Å². The molecule has 0 spiro atoms. The van der Waals surface area contributed by atoms with Crippen molar-refractivity contribution in [2.75, 3.05) is 18.0 Å². The van der Waals surface area contributed by atoms with E-state index in [0.717, 1.165) is 29.1 Å². The van der Waals surface area contributed by atoms with Crippen molar-refractivity contribution in [1.29, 1.82) is 0 Å². The minimum absolute atomic E-state index is 0.0522. The highest BCUT2D eigenvalue weighted by molar-refractivity contribution is 6.30. The van der Waals surface area contributed by atoms with Gasteiger partial charge < -0.3 is 15.0 Å². The van der Waals surface area contributed by atoms with Gasteiger partial charge in [0.2, 0.25) is 5.91 Å². The van der Waals surface area contributed by atoms with E-state index >= 15 is 0 Å². The molecule has 4 nitrogen and oxygen atoms in total.